The first-order valence-corrected chi connectivity index (χ1v) is 6.09. The lowest BCUT2D eigenvalue weighted by Gasteiger charge is -2.12. The Hall–Kier alpha value is -0.650. The summed E-state index contributed by atoms with van der Waals surface area (Å²) < 4.78 is 40.1. The Bertz CT molecular complexity index is 455. The highest BCUT2D eigenvalue weighted by Crippen LogP contribution is 2.38. The van der Waals surface area contributed by atoms with Gasteiger partial charge in [-0.3, -0.25) is 15.1 Å². The molecule has 10 heteroatoms. The van der Waals surface area contributed by atoms with E-state index in [1.165, 1.54) is 22.6 Å². The van der Waals surface area contributed by atoms with Crippen LogP contribution in [-0.4, -0.2) is 16.3 Å². The first-order valence-electron chi connectivity index (χ1n) is 3.89. The molecule has 0 aliphatic carbocycles. The number of pyridine rings is 1. The molecule has 1 heterocycles. The van der Waals surface area contributed by atoms with Crippen molar-refractivity contribution in [2.24, 2.45) is 0 Å². The second kappa shape index (κ2) is 5.33. The molecule has 1 aromatic heterocycles. The monoisotopic (exact) mass is 426 g/mol. The lowest BCUT2D eigenvalue weighted by Crippen LogP contribution is -2.19. The van der Waals surface area contributed by atoms with E-state index in [-0.39, 0.29) is 14.6 Å². The zero-order valence-corrected chi connectivity index (χ0v) is 11.5. The quantitative estimate of drug-likeness (QED) is 0.321. The Morgan fingerprint density at radius 1 is 1.59 bits per heavy atom. The second-order valence-electron chi connectivity index (χ2n) is 2.67. The molecular weight excluding hydrogens is 424 g/mol. The maximum Gasteiger partial charge on any atom is 0.573 e. The molecular formula is C7H3BrF3IN2O3. The lowest BCUT2D eigenvalue weighted by molar-refractivity contribution is -0.389. The summed E-state index contributed by atoms with van der Waals surface area (Å²) in [6.45, 7) is 0. The van der Waals surface area contributed by atoms with Crippen LogP contribution in [0.2, 0.25) is 0 Å². The first kappa shape index (κ1) is 14.4. The standard InChI is InChI=1S/C7H3BrF3IN2O3/c8-1-4-6(17-7(9,10)11)5(14(15)16)3(12)2-13-4/h2H,1H2. The van der Waals surface area contributed by atoms with Crippen LogP contribution in [0.3, 0.4) is 0 Å². The fourth-order valence-corrected chi connectivity index (χ4v) is 1.97. The van der Waals surface area contributed by atoms with Gasteiger partial charge in [0.05, 0.1) is 4.92 Å². The van der Waals surface area contributed by atoms with E-state index in [9.17, 15) is 23.3 Å². The van der Waals surface area contributed by atoms with Crippen LogP contribution >= 0.6 is 38.5 Å². The van der Waals surface area contributed by atoms with E-state index < -0.39 is 22.7 Å². The van der Waals surface area contributed by atoms with Gasteiger partial charge >= 0.3 is 12.0 Å². The summed E-state index contributed by atoms with van der Waals surface area (Å²) >= 11 is 4.41. The average molecular weight is 427 g/mol. The molecule has 17 heavy (non-hydrogen) atoms. The van der Waals surface area contributed by atoms with Crippen LogP contribution in [0.15, 0.2) is 6.20 Å². The van der Waals surface area contributed by atoms with E-state index in [1.54, 1.807) is 0 Å². The normalized spacial score (nSPS) is 11.4. The summed E-state index contributed by atoms with van der Waals surface area (Å²) in [5, 5.41) is 10.6. The molecule has 0 N–H and O–H groups in total. The van der Waals surface area contributed by atoms with Crippen molar-refractivity contribution in [3.63, 3.8) is 0 Å². The van der Waals surface area contributed by atoms with E-state index in [1.807, 2.05) is 0 Å². The van der Waals surface area contributed by atoms with Crippen molar-refractivity contribution in [1.82, 2.24) is 4.98 Å². The number of halogens is 5. The summed E-state index contributed by atoms with van der Waals surface area (Å²) in [4.78, 5) is 13.4. The molecule has 0 radical (unpaired) electrons. The molecule has 0 bridgehead atoms. The maximum atomic E-state index is 12.1. The van der Waals surface area contributed by atoms with Crippen LogP contribution in [0.4, 0.5) is 18.9 Å². The molecule has 0 unspecified atom stereocenters. The summed E-state index contributed by atoms with van der Waals surface area (Å²) in [7, 11) is 0. The van der Waals surface area contributed by atoms with Gasteiger partial charge in [-0.25, -0.2) is 0 Å². The summed E-state index contributed by atoms with van der Waals surface area (Å²) in [6, 6.07) is 0. The Labute approximate surface area is 115 Å². The van der Waals surface area contributed by atoms with Gasteiger partial charge < -0.3 is 4.74 Å². The molecule has 0 saturated carbocycles. The minimum absolute atomic E-state index is 0.0310. The highest BCUT2D eigenvalue weighted by atomic mass is 127. The molecule has 0 atom stereocenters. The van der Waals surface area contributed by atoms with E-state index >= 15 is 0 Å². The first-order chi connectivity index (χ1) is 7.76. The largest absolute Gasteiger partial charge is 0.573 e. The van der Waals surface area contributed by atoms with Gasteiger partial charge in [0, 0.05) is 11.5 Å². The molecule has 0 aromatic carbocycles. The molecule has 0 saturated heterocycles. The van der Waals surface area contributed by atoms with Gasteiger partial charge in [-0.1, -0.05) is 15.9 Å². The van der Waals surface area contributed by atoms with E-state index in [0.29, 0.717) is 0 Å². The van der Waals surface area contributed by atoms with Crippen molar-refractivity contribution in [3.05, 3.63) is 25.6 Å². The van der Waals surface area contributed by atoms with Crippen LogP contribution in [0, 0.1) is 13.7 Å². The zero-order chi connectivity index (χ0) is 13.2. The number of hydrogen-bond acceptors (Lipinski definition) is 4. The van der Waals surface area contributed by atoms with Crippen LogP contribution in [0.1, 0.15) is 5.69 Å². The number of hydrogen-bond donors (Lipinski definition) is 0. The number of rotatable bonds is 3. The van der Waals surface area contributed by atoms with Crippen LogP contribution < -0.4 is 4.74 Å². The number of nitrogens with zero attached hydrogens (tertiary/aromatic N) is 2. The summed E-state index contributed by atoms with van der Waals surface area (Å²) in [5.74, 6) is -0.883. The van der Waals surface area contributed by atoms with Crippen molar-refractivity contribution in [2.75, 3.05) is 0 Å². The summed E-state index contributed by atoms with van der Waals surface area (Å²) in [5.41, 5.74) is -0.929. The van der Waals surface area contributed by atoms with Gasteiger partial charge in [0.25, 0.3) is 0 Å². The van der Waals surface area contributed by atoms with E-state index in [4.69, 9.17) is 0 Å². The van der Waals surface area contributed by atoms with Gasteiger partial charge in [-0.15, -0.1) is 13.2 Å². The van der Waals surface area contributed by atoms with Crippen molar-refractivity contribution in [2.45, 2.75) is 11.7 Å². The zero-order valence-electron chi connectivity index (χ0n) is 7.79. The molecule has 0 aliphatic heterocycles. The highest BCUT2D eigenvalue weighted by molar-refractivity contribution is 14.1. The maximum absolute atomic E-state index is 12.1. The van der Waals surface area contributed by atoms with Crippen molar-refractivity contribution >= 4 is 44.2 Å². The Morgan fingerprint density at radius 3 is 2.59 bits per heavy atom. The van der Waals surface area contributed by atoms with Gasteiger partial charge in [0.15, 0.2) is 0 Å². The molecule has 0 spiro atoms. The number of aromatic nitrogens is 1. The minimum Gasteiger partial charge on any atom is -0.396 e. The smallest absolute Gasteiger partial charge is 0.396 e. The van der Waals surface area contributed by atoms with Crippen LogP contribution in [-0.2, 0) is 5.33 Å². The van der Waals surface area contributed by atoms with Gasteiger partial charge in [-0.2, -0.15) is 0 Å². The third kappa shape index (κ3) is 3.66. The predicted octanol–water partition coefficient (Wildman–Crippen LogP) is 3.39. The van der Waals surface area contributed by atoms with Gasteiger partial charge in [-0.05, 0) is 22.6 Å². The van der Waals surface area contributed by atoms with E-state index in [0.717, 1.165) is 6.20 Å². The predicted molar refractivity (Wildman–Crippen MR) is 62.9 cm³/mol. The van der Waals surface area contributed by atoms with Crippen LogP contribution in [0.5, 0.6) is 5.75 Å². The van der Waals surface area contributed by atoms with Gasteiger partial charge in [0.1, 0.15) is 9.26 Å². The van der Waals surface area contributed by atoms with Crippen molar-refractivity contribution in [1.29, 1.82) is 0 Å². The molecule has 0 fully saturated rings. The minimum atomic E-state index is -5.01. The Morgan fingerprint density at radius 2 is 2.18 bits per heavy atom. The van der Waals surface area contributed by atoms with Gasteiger partial charge in [0.2, 0.25) is 5.75 Å². The molecule has 0 aliphatic rings. The summed E-state index contributed by atoms with van der Waals surface area (Å²) in [6.07, 6.45) is -3.90. The SMILES string of the molecule is O=[N+]([O-])c1c(I)cnc(CBr)c1OC(F)(F)F. The second-order valence-corrected chi connectivity index (χ2v) is 4.39. The van der Waals surface area contributed by atoms with Crippen molar-refractivity contribution in [3.8, 4) is 5.75 Å². The molecule has 1 rings (SSSR count). The molecule has 94 valence electrons. The molecule has 0 amide bonds. The Balaban J connectivity index is 3.40. The van der Waals surface area contributed by atoms with Crippen LogP contribution in [0.25, 0.3) is 0 Å². The highest BCUT2D eigenvalue weighted by Gasteiger charge is 2.37. The number of ether oxygens (including phenoxy) is 1. The fourth-order valence-electron chi connectivity index (χ4n) is 0.988. The van der Waals surface area contributed by atoms with Crippen molar-refractivity contribution < 1.29 is 22.8 Å². The van der Waals surface area contributed by atoms with E-state index in [2.05, 4.69) is 25.7 Å². The average Bonchev–Trinajstić information content (AvgIpc) is 2.15. The fraction of sp³-hybridized carbons (Fsp3) is 0.286. The number of alkyl halides is 4. The lowest BCUT2D eigenvalue weighted by atomic mass is 10.3. The molecule has 5 nitrogen and oxygen atoms in total. The third-order valence-electron chi connectivity index (χ3n) is 1.56. The topological polar surface area (TPSA) is 65.3 Å². The third-order valence-corrected chi connectivity index (χ3v) is 2.88. The molecule has 1 aromatic rings. The Kier molecular flexibility index (Phi) is 4.52. The number of nitro groups is 1.